The Morgan fingerprint density at radius 2 is 2.00 bits per heavy atom. The minimum absolute atomic E-state index is 0.241. The molecule has 0 bridgehead atoms. The van der Waals surface area contributed by atoms with E-state index in [1.807, 2.05) is 6.07 Å². The van der Waals surface area contributed by atoms with E-state index in [2.05, 4.69) is 20.8 Å². The number of amides is 1. The summed E-state index contributed by atoms with van der Waals surface area (Å²) >= 11 is 6.11. The van der Waals surface area contributed by atoms with Crippen molar-refractivity contribution in [1.82, 2.24) is 10.1 Å². The Labute approximate surface area is 149 Å². The molecule has 0 aliphatic carbocycles. The van der Waals surface area contributed by atoms with Crippen LogP contribution in [0.25, 0.3) is 0 Å². The highest BCUT2D eigenvalue weighted by molar-refractivity contribution is 6.32. The first-order valence-corrected chi connectivity index (χ1v) is 7.74. The molecule has 0 saturated carbocycles. The van der Waals surface area contributed by atoms with Crippen molar-refractivity contribution in [3.8, 4) is 5.75 Å². The maximum Gasteiger partial charge on any atom is 0.275 e. The first-order chi connectivity index (χ1) is 12.0. The van der Waals surface area contributed by atoms with Crippen LogP contribution >= 0.6 is 11.6 Å². The number of anilines is 3. The molecule has 0 radical (unpaired) electrons. The fourth-order valence-corrected chi connectivity index (χ4v) is 2.41. The SMILES string of the molecule is COc1ccc(Nc2ccnc(C(=O)Nc3cc(C)on3)c2)cc1Cl. The minimum atomic E-state index is -0.385. The Balaban J connectivity index is 1.74. The zero-order chi connectivity index (χ0) is 17.8. The lowest BCUT2D eigenvalue weighted by Crippen LogP contribution is -2.14. The molecular formula is C17H15ClN4O3. The lowest BCUT2D eigenvalue weighted by molar-refractivity contribution is 0.102. The summed E-state index contributed by atoms with van der Waals surface area (Å²) in [4.78, 5) is 16.3. The number of methoxy groups -OCH3 is 1. The molecule has 7 nitrogen and oxygen atoms in total. The molecule has 1 aromatic carbocycles. The third-order valence-corrected chi connectivity index (χ3v) is 3.60. The number of nitrogens with one attached hydrogen (secondary N) is 2. The van der Waals surface area contributed by atoms with Gasteiger partial charge in [-0.1, -0.05) is 16.8 Å². The van der Waals surface area contributed by atoms with Gasteiger partial charge in [0.1, 0.15) is 17.2 Å². The van der Waals surface area contributed by atoms with Crippen molar-refractivity contribution in [1.29, 1.82) is 0 Å². The van der Waals surface area contributed by atoms with Gasteiger partial charge in [0.05, 0.1) is 12.1 Å². The topological polar surface area (TPSA) is 89.3 Å². The van der Waals surface area contributed by atoms with Crippen molar-refractivity contribution in [3.05, 3.63) is 59.1 Å². The molecule has 3 rings (SSSR count). The van der Waals surface area contributed by atoms with Gasteiger partial charge in [-0.3, -0.25) is 9.78 Å². The zero-order valence-electron chi connectivity index (χ0n) is 13.5. The van der Waals surface area contributed by atoms with E-state index in [9.17, 15) is 4.79 Å². The molecule has 128 valence electrons. The largest absolute Gasteiger partial charge is 0.495 e. The van der Waals surface area contributed by atoms with E-state index in [1.54, 1.807) is 44.4 Å². The summed E-state index contributed by atoms with van der Waals surface area (Å²) in [5.74, 6) is 1.15. The van der Waals surface area contributed by atoms with E-state index in [-0.39, 0.29) is 11.6 Å². The molecule has 0 aliphatic rings. The molecule has 25 heavy (non-hydrogen) atoms. The van der Waals surface area contributed by atoms with Crippen molar-refractivity contribution in [2.24, 2.45) is 0 Å². The summed E-state index contributed by atoms with van der Waals surface area (Å²) in [6.07, 6.45) is 1.54. The number of benzene rings is 1. The fourth-order valence-electron chi connectivity index (χ4n) is 2.15. The third-order valence-electron chi connectivity index (χ3n) is 3.30. The Morgan fingerprint density at radius 1 is 1.20 bits per heavy atom. The number of hydrogen-bond donors (Lipinski definition) is 2. The first-order valence-electron chi connectivity index (χ1n) is 7.36. The molecular weight excluding hydrogens is 344 g/mol. The van der Waals surface area contributed by atoms with Crippen LogP contribution in [0.5, 0.6) is 5.75 Å². The van der Waals surface area contributed by atoms with E-state index >= 15 is 0 Å². The van der Waals surface area contributed by atoms with E-state index in [1.165, 1.54) is 6.20 Å². The van der Waals surface area contributed by atoms with Gasteiger partial charge >= 0.3 is 0 Å². The standard InChI is InChI=1S/C17H15ClN4O3/c1-10-7-16(22-25-10)21-17(23)14-9-12(5-6-19-14)20-11-3-4-15(24-2)13(18)8-11/h3-9H,1-2H3,(H,19,20)(H,21,22,23). The number of rotatable bonds is 5. The smallest absolute Gasteiger partial charge is 0.275 e. The van der Waals surface area contributed by atoms with Crippen LogP contribution in [-0.4, -0.2) is 23.2 Å². The van der Waals surface area contributed by atoms with Crippen LogP contribution in [0.15, 0.2) is 47.1 Å². The summed E-state index contributed by atoms with van der Waals surface area (Å²) in [6, 6.07) is 10.3. The molecule has 3 aromatic rings. The second kappa shape index (κ2) is 7.23. The molecule has 2 aromatic heterocycles. The molecule has 2 heterocycles. The van der Waals surface area contributed by atoms with Gasteiger partial charge in [0.15, 0.2) is 5.82 Å². The summed E-state index contributed by atoms with van der Waals surface area (Å²) in [5, 5.41) is 10.00. The lowest BCUT2D eigenvalue weighted by Gasteiger charge is -2.10. The van der Waals surface area contributed by atoms with Crippen LogP contribution in [0, 0.1) is 6.92 Å². The number of carbonyl (C=O) groups excluding carboxylic acids is 1. The predicted octanol–water partition coefficient (Wildman–Crippen LogP) is 4.04. The second-order valence-corrected chi connectivity index (χ2v) is 5.59. The molecule has 0 fully saturated rings. The lowest BCUT2D eigenvalue weighted by atomic mass is 10.2. The fraction of sp³-hybridized carbons (Fsp3) is 0.118. The van der Waals surface area contributed by atoms with Gasteiger partial charge in [0.2, 0.25) is 0 Å². The average molecular weight is 359 g/mol. The van der Waals surface area contributed by atoms with E-state index in [0.29, 0.717) is 28.0 Å². The van der Waals surface area contributed by atoms with E-state index in [4.69, 9.17) is 20.9 Å². The molecule has 0 atom stereocenters. The van der Waals surface area contributed by atoms with Crippen LogP contribution in [0.4, 0.5) is 17.2 Å². The number of carbonyl (C=O) groups is 1. The Bertz CT molecular complexity index is 910. The van der Waals surface area contributed by atoms with E-state index < -0.39 is 0 Å². The van der Waals surface area contributed by atoms with Crippen molar-refractivity contribution >= 4 is 34.7 Å². The van der Waals surface area contributed by atoms with Crippen LogP contribution in [0.3, 0.4) is 0 Å². The number of hydrogen-bond acceptors (Lipinski definition) is 6. The molecule has 0 unspecified atom stereocenters. The quantitative estimate of drug-likeness (QED) is 0.715. The van der Waals surface area contributed by atoms with Gasteiger partial charge < -0.3 is 19.9 Å². The molecule has 0 saturated heterocycles. The summed E-state index contributed by atoms with van der Waals surface area (Å²) in [6.45, 7) is 1.74. The van der Waals surface area contributed by atoms with Crippen LogP contribution in [0.1, 0.15) is 16.2 Å². The van der Waals surface area contributed by atoms with Gasteiger partial charge in [-0.25, -0.2) is 0 Å². The van der Waals surface area contributed by atoms with Crippen LogP contribution in [0.2, 0.25) is 5.02 Å². The Kier molecular flexibility index (Phi) is 4.85. The molecule has 1 amide bonds. The minimum Gasteiger partial charge on any atom is -0.495 e. The van der Waals surface area contributed by atoms with Crippen molar-refractivity contribution in [2.75, 3.05) is 17.7 Å². The summed E-state index contributed by atoms with van der Waals surface area (Å²) in [7, 11) is 1.55. The molecule has 8 heteroatoms. The second-order valence-electron chi connectivity index (χ2n) is 5.18. The highest BCUT2D eigenvalue weighted by Crippen LogP contribution is 2.28. The summed E-state index contributed by atoms with van der Waals surface area (Å²) < 4.78 is 10.0. The number of aryl methyl sites for hydroxylation is 1. The van der Waals surface area contributed by atoms with Gasteiger partial charge in [0, 0.05) is 23.6 Å². The Morgan fingerprint density at radius 3 is 2.68 bits per heavy atom. The highest BCUT2D eigenvalue weighted by Gasteiger charge is 2.11. The van der Waals surface area contributed by atoms with Gasteiger partial charge in [0.25, 0.3) is 5.91 Å². The average Bonchev–Trinajstić information content (AvgIpc) is 3.00. The predicted molar refractivity (Wildman–Crippen MR) is 94.7 cm³/mol. The molecule has 2 N–H and O–H groups in total. The summed E-state index contributed by atoms with van der Waals surface area (Å²) in [5.41, 5.74) is 1.69. The third kappa shape index (κ3) is 4.07. The van der Waals surface area contributed by atoms with Crippen LogP contribution < -0.4 is 15.4 Å². The zero-order valence-corrected chi connectivity index (χ0v) is 14.3. The number of pyridine rings is 1. The van der Waals surface area contributed by atoms with Gasteiger partial charge in [-0.05, 0) is 37.3 Å². The molecule has 0 spiro atoms. The Hall–Kier alpha value is -3.06. The number of halogens is 1. The number of aromatic nitrogens is 2. The maximum atomic E-state index is 12.2. The van der Waals surface area contributed by atoms with Crippen molar-refractivity contribution in [2.45, 2.75) is 6.92 Å². The van der Waals surface area contributed by atoms with Crippen molar-refractivity contribution < 1.29 is 14.1 Å². The monoisotopic (exact) mass is 358 g/mol. The highest BCUT2D eigenvalue weighted by atomic mass is 35.5. The number of ether oxygens (including phenoxy) is 1. The maximum absolute atomic E-state index is 12.2. The van der Waals surface area contributed by atoms with Gasteiger partial charge in [-0.15, -0.1) is 0 Å². The number of nitrogens with zero attached hydrogens (tertiary/aromatic N) is 2. The normalized spacial score (nSPS) is 10.4. The first kappa shape index (κ1) is 16.8. The van der Waals surface area contributed by atoms with E-state index in [0.717, 1.165) is 5.69 Å². The van der Waals surface area contributed by atoms with Crippen molar-refractivity contribution in [3.63, 3.8) is 0 Å². The van der Waals surface area contributed by atoms with Crippen LogP contribution in [-0.2, 0) is 0 Å². The van der Waals surface area contributed by atoms with Gasteiger partial charge in [-0.2, -0.15) is 0 Å². The molecule has 0 aliphatic heterocycles.